The van der Waals surface area contributed by atoms with Gasteiger partial charge in [-0.1, -0.05) is 0 Å². The van der Waals surface area contributed by atoms with Crippen LogP contribution in [0.2, 0.25) is 0 Å². The van der Waals surface area contributed by atoms with Gasteiger partial charge in [0.15, 0.2) is 0 Å². The van der Waals surface area contributed by atoms with Gasteiger partial charge in [0, 0.05) is 12.0 Å². The van der Waals surface area contributed by atoms with Gasteiger partial charge in [-0.2, -0.15) is 0 Å². The van der Waals surface area contributed by atoms with Crippen molar-refractivity contribution in [2.45, 2.75) is 25.7 Å². The molecule has 14 heavy (non-hydrogen) atoms. The zero-order valence-corrected chi connectivity index (χ0v) is 8.96. The van der Waals surface area contributed by atoms with Crippen molar-refractivity contribution in [2.75, 3.05) is 6.61 Å². The van der Waals surface area contributed by atoms with Crippen LogP contribution in [0.3, 0.4) is 0 Å². The fourth-order valence-electron chi connectivity index (χ4n) is 3.04. The third-order valence-electron chi connectivity index (χ3n) is 3.83. The second-order valence-corrected chi connectivity index (χ2v) is 5.70. The van der Waals surface area contributed by atoms with E-state index in [2.05, 4.69) is 10.4 Å². The van der Waals surface area contributed by atoms with Crippen molar-refractivity contribution >= 4 is 11.3 Å². The van der Waals surface area contributed by atoms with Crippen LogP contribution in [0.1, 0.15) is 25.0 Å². The summed E-state index contributed by atoms with van der Waals surface area (Å²) in [5.41, 5.74) is 3.24. The molecule has 0 aromatic carbocycles. The Balaban J connectivity index is 1.75. The highest BCUT2D eigenvalue weighted by molar-refractivity contribution is 7.07. The van der Waals surface area contributed by atoms with Crippen LogP contribution in [0.25, 0.3) is 0 Å². The van der Waals surface area contributed by atoms with Gasteiger partial charge in [0.25, 0.3) is 0 Å². The Morgan fingerprint density at radius 1 is 1.50 bits per heavy atom. The van der Waals surface area contributed by atoms with E-state index in [-0.39, 0.29) is 5.41 Å². The topological polar surface area (TPSA) is 33.1 Å². The minimum absolute atomic E-state index is 0.182. The summed E-state index contributed by atoms with van der Waals surface area (Å²) in [5.74, 6) is 1.86. The lowest BCUT2D eigenvalue weighted by atomic mass is 9.80. The van der Waals surface area contributed by atoms with E-state index in [1.54, 1.807) is 11.3 Å². The molecule has 1 aromatic heterocycles. The van der Waals surface area contributed by atoms with Crippen molar-refractivity contribution in [3.8, 4) is 0 Å². The Hall–Kier alpha value is -0.410. The van der Waals surface area contributed by atoms with Crippen molar-refractivity contribution < 1.29 is 5.11 Å². The van der Waals surface area contributed by atoms with E-state index in [0.29, 0.717) is 6.61 Å². The Kier molecular flexibility index (Phi) is 1.92. The number of fused-ring (bicyclic) bond motifs is 1. The van der Waals surface area contributed by atoms with Gasteiger partial charge in [-0.25, -0.2) is 4.98 Å². The van der Waals surface area contributed by atoms with Gasteiger partial charge in [0.05, 0.1) is 11.2 Å². The van der Waals surface area contributed by atoms with Crippen LogP contribution in [0.4, 0.5) is 0 Å². The summed E-state index contributed by atoms with van der Waals surface area (Å²) in [6.45, 7) is 0.345. The van der Waals surface area contributed by atoms with Gasteiger partial charge in [0.2, 0.25) is 0 Å². The average molecular weight is 209 g/mol. The van der Waals surface area contributed by atoms with Crippen molar-refractivity contribution in [2.24, 2.45) is 17.3 Å². The molecule has 0 spiro atoms. The van der Waals surface area contributed by atoms with Crippen LogP contribution in [-0.2, 0) is 6.42 Å². The zero-order chi connectivity index (χ0) is 9.60. The molecule has 0 amide bonds. The molecule has 2 aliphatic rings. The van der Waals surface area contributed by atoms with E-state index < -0.39 is 0 Å². The third kappa shape index (κ3) is 1.39. The summed E-state index contributed by atoms with van der Waals surface area (Å²) in [5, 5.41) is 11.6. The molecule has 2 saturated carbocycles. The molecule has 2 nitrogen and oxygen atoms in total. The summed E-state index contributed by atoms with van der Waals surface area (Å²) < 4.78 is 0. The molecular formula is C11H15NOS. The van der Waals surface area contributed by atoms with Crippen molar-refractivity contribution in [3.05, 3.63) is 16.6 Å². The Bertz CT molecular complexity index is 312. The second-order valence-electron chi connectivity index (χ2n) is 4.98. The molecule has 1 heterocycles. The predicted molar refractivity (Wildman–Crippen MR) is 56.2 cm³/mol. The highest BCUT2D eigenvalue weighted by Crippen LogP contribution is 2.60. The maximum Gasteiger partial charge on any atom is 0.0794 e. The molecular weight excluding hydrogens is 194 g/mol. The van der Waals surface area contributed by atoms with E-state index >= 15 is 0 Å². The fraction of sp³-hybridized carbons (Fsp3) is 0.727. The minimum Gasteiger partial charge on any atom is -0.396 e. The first-order valence-corrected chi connectivity index (χ1v) is 6.24. The van der Waals surface area contributed by atoms with Crippen LogP contribution in [0, 0.1) is 17.3 Å². The molecule has 2 aliphatic carbocycles. The molecule has 76 valence electrons. The van der Waals surface area contributed by atoms with Gasteiger partial charge in [0.1, 0.15) is 0 Å². The van der Waals surface area contributed by atoms with E-state index in [1.165, 1.54) is 25.0 Å². The molecule has 1 aromatic rings. The molecule has 0 aliphatic heterocycles. The zero-order valence-electron chi connectivity index (χ0n) is 8.15. The SMILES string of the molecule is OCC1(Cc2cscn2)CC2CC2C1. The molecule has 0 radical (unpaired) electrons. The molecule has 3 rings (SSSR count). The normalized spacial score (nSPS) is 39.8. The predicted octanol–water partition coefficient (Wildman–Crippen LogP) is 2.09. The van der Waals surface area contributed by atoms with Crippen LogP contribution < -0.4 is 0 Å². The van der Waals surface area contributed by atoms with Crippen LogP contribution in [0.15, 0.2) is 10.9 Å². The lowest BCUT2D eigenvalue weighted by Crippen LogP contribution is -2.26. The van der Waals surface area contributed by atoms with Crippen molar-refractivity contribution in [3.63, 3.8) is 0 Å². The Morgan fingerprint density at radius 3 is 2.86 bits per heavy atom. The molecule has 2 fully saturated rings. The first-order chi connectivity index (χ1) is 6.81. The number of hydrogen-bond donors (Lipinski definition) is 1. The van der Waals surface area contributed by atoms with E-state index in [1.807, 2.05) is 5.51 Å². The number of hydrogen-bond acceptors (Lipinski definition) is 3. The number of aliphatic hydroxyl groups is 1. The largest absolute Gasteiger partial charge is 0.396 e. The Morgan fingerprint density at radius 2 is 2.29 bits per heavy atom. The summed E-state index contributed by atoms with van der Waals surface area (Å²) in [6, 6.07) is 0. The standard InChI is InChI=1S/C11H15NOS/c13-6-11(2-8-1-9(8)3-11)4-10-5-14-7-12-10/h5,7-9,13H,1-4,6H2. The molecule has 3 heteroatoms. The number of rotatable bonds is 3. The monoisotopic (exact) mass is 209 g/mol. The van der Waals surface area contributed by atoms with Gasteiger partial charge in [-0.15, -0.1) is 11.3 Å². The van der Waals surface area contributed by atoms with E-state index in [9.17, 15) is 5.11 Å². The van der Waals surface area contributed by atoms with Crippen LogP contribution in [-0.4, -0.2) is 16.7 Å². The summed E-state index contributed by atoms with van der Waals surface area (Å²) >= 11 is 1.65. The molecule has 2 atom stereocenters. The summed E-state index contributed by atoms with van der Waals surface area (Å²) in [4.78, 5) is 4.32. The van der Waals surface area contributed by atoms with Gasteiger partial charge in [-0.05, 0) is 42.9 Å². The average Bonchev–Trinajstić information content (AvgIpc) is 2.68. The lowest BCUT2D eigenvalue weighted by molar-refractivity contribution is 0.116. The third-order valence-corrected chi connectivity index (χ3v) is 4.47. The second kappa shape index (κ2) is 3.04. The first kappa shape index (κ1) is 8.86. The Labute approximate surface area is 88.0 Å². The molecule has 0 bridgehead atoms. The maximum atomic E-state index is 9.53. The van der Waals surface area contributed by atoms with Crippen molar-refractivity contribution in [1.82, 2.24) is 4.98 Å². The number of thiazole rings is 1. The van der Waals surface area contributed by atoms with Crippen molar-refractivity contribution in [1.29, 1.82) is 0 Å². The van der Waals surface area contributed by atoms with Crippen LogP contribution in [0.5, 0.6) is 0 Å². The van der Waals surface area contributed by atoms with E-state index in [4.69, 9.17) is 0 Å². The first-order valence-electron chi connectivity index (χ1n) is 5.29. The molecule has 0 saturated heterocycles. The van der Waals surface area contributed by atoms with Gasteiger partial charge in [-0.3, -0.25) is 0 Å². The maximum absolute atomic E-state index is 9.53. The van der Waals surface area contributed by atoms with E-state index in [0.717, 1.165) is 18.3 Å². The molecule has 2 unspecified atom stereocenters. The van der Waals surface area contributed by atoms with Gasteiger partial charge < -0.3 is 5.11 Å². The summed E-state index contributed by atoms with van der Waals surface area (Å²) in [6.07, 6.45) is 4.86. The highest BCUT2D eigenvalue weighted by atomic mass is 32.1. The lowest BCUT2D eigenvalue weighted by Gasteiger charge is -2.27. The quantitative estimate of drug-likeness (QED) is 0.827. The van der Waals surface area contributed by atoms with Crippen LogP contribution >= 0.6 is 11.3 Å². The summed E-state index contributed by atoms with van der Waals surface area (Å²) in [7, 11) is 0. The van der Waals surface area contributed by atoms with Gasteiger partial charge >= 0.3 is 0 Å². The fourth-order valence-corrected chi connectivity index (χ4v) is 3.60. The highest BCUT2D eigenvalue weighted by Gasteiger charge is 2.53. The minimum atomic E-state index is 0.182. The number of aromatic nitrogens is 1. The number of nitrogens with zero attached hydrogens (tertiary/aromatic N) is 1. The smallest absolute Gasteiger partial charge is 0.0794 e. The molecule has 1 N–H and O–H groups in total. The number of aliphatic hydroxyl groups excluding tert-OH is 1.